The van der Waals surface area contributed by atoms with Crippen LogP contribution in [-0.2, 0) is 11.0 Å². The van der Waals surface area contributed by atoms with Crippen LogP contribution >= 0.6 is 11.8 Å². The summed E-state index contributed by atoms with van der Waals surface area (Å²) in [6.45, 7) is 0. The molecule has 0 aliphatic carbocycles. The molecule has 0 aliphatic heterocycles. The van der Waals surface area contributed by atoms with E-state index in [2.05, 4.69) is 10.3 Å². The molecule has 9 heteroatoms. The lowest BCUT2D eigenvalue weighted by Gasteiger charge is -2.14. The van der Waals surface area contributed by atoms with Crippen molar-refractivity contribution in [2.75, 3.05) is 11.1 Å². The molecule has 3 rings (SSSR count). The number of para-hydroxylation sites is 2. The Hall–Kier alpha value is -3.51. The number of alkyl halides is 3. The molecule has 1 amide bonds. The fourth-order valence-electron chi connectivity index (χ4n) is 2.75. The van der Waals surface area contributed by atoms with Gasteiger partial charge in [0.25, 0.3) is 0 Å². The highest BCUT2D eigenvalue weighted by atomic mass is 32.2. The topological polar surface area (TPSA) is 86.0 Å². The number of halogens is 3. The van der Waals surface area contributed by atoms with Crippen molar-refractivity contribution >= 4 is 23.4 Å². The SMILES string of the molecule is N#Cc1c(C(F)(F)F)cc(-c2ccccc2)nc1SCCC(=O)Nc1ccccc1O. The van der Waals surface area contributed by atoms with Gasteiger partial charge >= 0.3 is 6.18 Å². The molecule has 3 aromatic rings. The molecule has 2 aromatic carbocycles. The van der Waals surface area contributed by atoms with Crippen LogP contribution in [0.3, 0.4) is 0 Å². The van der Waals surface area contributed by atoms with Gasteiger partial charge in [0.15, 0.2) is 0 Å². The summed E-state index contributed by atoms with van der Waals surface area (Å²) in [6.07, 6.45) is -4.78. The van der Waals surface area contributed by atoms with E-state index in [4.69, 9.17) is 0 Å². The number of nitriles is 1. The summed E-state index contributed by atoms with van der Waals surface area (Å²) >= 11 is 0.897. The molecule has 0 unspecified atom stereocenters. The van der Waals surface area contributed by atoms with E-state index in [1.54, 1.807) is 48.5 Å². The molecule has 0 bridgehead atoms. The Labute approximate surface area is 180 Å². The fraction of sp³-hybridized carbons (Fsp3) is 0.136. The maximum atomic E-state index is 13.6. The van der Waals surface area contributed by atoms with Crippen molar-refractivity contribution in [1.29, 1.82) is 5.26 Å². The summed E-state index contributed by atoms with van der Waals surface area (Å²) in [5.41, 5.74) is -0.827. The Balaban J connectivity index is 1.82. The molecule has 1 heterocycles. The molecule has 0 fully saturated rings. The number of rotatable bonds is 6. The van der Waals surface area contributed by atoms with Gasteiger partial charge in [0.2, 0.25) is 5.91 Å². The molecule has 31 heavy (non-hydrogen) atoms. The van der Waals surface area contributed by atoms with Crippen molar-refractivity contribution < 1.29 is 23.1 Å². The maximum absolute atomic E-state index is 13.6. The number of pyridine rings is 1. The first kappa shape index (κ1) is 22.2. The first-order valence-corrected chi connectivity index (χ1v) is 10.1. The smallest absolute Gasteiger partial charge is 0.417 e. The van der Waals surface area contributed by atoms with Gasteiger partial charge in [-0.2, -0.15) is 18.4 Å². The summed E-state index contributed by atoms with van der Waals surface area (Å²) in [6, 6.07) is 17.0. The highest BCUT2D eigenvalue weighted by Crippen LogP contribution is 2.38. The number of aromatic hydroxyl groups is 1. The number of thioether (sulfide) groups is 1. The zero-order valence-electron chi connectivity index (χ0n) is 16.0. The van der Waals surface area contributed by atoms with Gasteiger partial charge in [-0.15, -0.1) is 11.8 Å². The molecule has 0 spiro atoms. The van der Waals surface area contributed by atoms with Crippen molar-refractivity contribution in [3.8, 4) is 23.1 Å². The quantitative estimate of drug-likeness (QED) is 0.390. The Morgan fingerprint density at radius 3 is 2.45 bits per heavy atom. The van der Waals surface area contributed by atoms with Crippen molar-refractivity contribution in [2.24, 2.45) is 0 Å². The van der Waals surface area contributed by atoms with Crippen molar-refractivity contribution in [3.05, 3.63) is 71.8 Å². The molecular formula is C22H16F3N3O2S. The average molecular weight is 443 g/mol. The number of anilines is 1. The lowest BCUT2D eigenvalue weighted by molar-refractivity contribution is -0.138. The van der Waals surface area contributed by atoms with Crippen LogP contribution in [0.25, 0.3) is 11.3 Å². The van der Waals surface area contributed by atoms with Crippen LogP contribution in [0.15, 0.2) is 65.7 Å². The third-order valence-electron chi connectivity index (χ3n) is 4.22. The van der Waals surface area contributed by atoms with Crippen LogP contribution in [0.1, 0.15) is 17.5 Å². The molecule has 0 atom stereocenters. The highest BCUT2D eigenvalue weighted by molar-refractivity contribution is 7.99. The molecule has 0 aliphatic rings. The van der Waals surface area contributed by atoms with Gasteiger partial charge in [0, 0.05) is 17.7 Å². The molecular weight excluding hydrogens is 427 g/mol. The molecule has 2 N–H and O–H groups in total. The van der Waals surface area contributed by atoms with Crippen LogP contribution in [0, 0.1) is 11.3 Å². The van der Waals surface area contributed by atoms with E-state index in [1.807, 2.05) is 0 Å². The predicted octanol–water partition coefficient (Wildman–Crippen LogP) is 5.47. The standard InChI is InChI=1S/C22H16F3N3O2S/c23-22(24,25)16-12-18(14-6-2-1-3-7-14)28-21(15(16)13-26)31-11-10-20(30)27-17-8-4-5-9-19(17)29/h1-9,12,29H,10-11H2,(H,27,30). The number of hydrogen-bond acceptors (Lipinski definition) is 5. The molecule has 0 radical (unpaired) electrons. The lowest BCUT2D eigenvalue weighted by atomic mass is 10.1. The van der Waals surface area contributed by atoms with E-state index in [-0.39, 0.29) is 34.3 Å². The molecule has 5 nitrogen and oxygen atoms in total. The van der Waals surface area contributed by atoms with Crippen molar-refractivity contribution in [3.63, 3.8) is 0 Å². The number of phenols is 1. The van der Waals surface area contributed by atoms with E-state index >= 15 is 0 Å². The number of aromatic nitrogens is 1. The van der Waals surface area contributed by atoms with E-state index in [1.165, 1.54) is 12.1 Å². The minimum Gasteiger partial charge on any atom is -0.506 e. The van der Waals surface area contributed by atoms with Crippen LogP contribution in [0.5, 0.6) is 5.75 Å². The van der Waals surface area contributed by atoms with Crippen LogP contribution in [0.2, 0.25) is 0 Å². The van der Waals surface area contributed by atoms with Gasteiger partial charge in [0.05, 0.1) is 22.5 Å². The average Bonchev–Trinajstić information content (AvgIpc) is 2.75. The fourth-order valence-corrected chi connectivity index (χ4v) is 3.69. The van der Waals surface area contributed by atoms with Crippen LogP contribution in [0.4, 0.5) is 18.9 Å². The largest absolute Gasteiger partial charge is 0.506 e. The van der Waals surface area contributed by atoms with E-state index in [9.17, 15) is 28.3 Å². The first-order chi connectivity index (χ1) is 14.8. The second-order valence-electron chi connectivity index (χ2n) is 6.37. The van der Waals surface area contributed by atoms with E-state index in [0.717, 1.165) is 17.8 Å². The maximum Gasteiger partial charge on any atom is 0.417 e. The van der Waals surface area contributed by atoms with Crippen LogP contribution < -0.4 is 5.32 Å². The highest BCUT2D eigenvalue weighted by Gasteiger charge is 2.36. The van der Waals surface area contributed by atoms with Crippen LogP contribution in [-0.4, -0.2) is 21.8 Å². The number of carbonyl (C=O) groups is 1. The van der Waals surface area contributed by atoms with Crippen molar-refractivity contribution in [2.45, 2.75) is 17.6 Å². The summed E-state index contributed by atoms with van der Waals surface area (Å²) in [4.78, 5) is 16.4. The summed E-state index contributed by atoms with van der Waals surface area (Å²) in [7, 11) is 0. The van der Waals surface area contributed by atoms with E-state index in [0.29, 0.717) is 5.56 Å². The third kappa shape index (κ3) is 5.55. The minimum absolute atomic E-state index is 0.0531. The first-order valence-electron chi connectivity index (χ1n) is 9.08. The number of hydrogen-bond donors (Lipinski definition) is 2. The summed E-state index contributed by atoms with van der Waals surface area (Å²) < 4.78 is 40.7. The van der Waals surface area contributed by atoms with Gasteiger partial charge in [-0.3, -0.25) is 4.79 Å². The second-order valence-corrected chi connectivity index (χ2v) is 7.46. The second kappa shape index (κ2) is 9.53. The van der Waals surface area contributed by atoms with E-state index < -0.39 is 23.2 Å². The zero-order valence-corrected chi connectivity index (χ0v) is 16.8. The Morgan fingerprint density at radius 1 is 1.13 bits per heavy atom. The number of nitrogens with zero attached hydrogens (tertiary/aromatic N) is 2. The van der Waals surface area contributed by atoms with Gasteiger partial charge in [-0.1, -0.05) is 42.5 Å². The summed E-state index contributed by atoms with van der Waals surface area (Å²) in [5, 5.41) is 21.5. The zero-order chi connectivity index (χ0) is 22.4. The molecule has 0 saturated carbocycles. The Morgan fingerprint density at radius 2 is 1.81 bits per heavy atom. The normalized spacial score (nSPS) is 11.0. The number of nitrogens with one attached hydrogen (secondary N) is 1. The van der Waals surface area contributed by atoms with Gasteiger partial charge in [-0.05, 0) is 18.2 Å². The van der Waals surface area contributed by atoms with Gasteiger partial charge in [-0.25, -0.2) is 4.98 Å². The third-order valence-corrected chi connectivity index (χ3v) is 5.20. The monoisotopic (exact) mass is 443 g/mol. The minimum atomic E-state index is -4.73. The Bertz CT molecular complexity index is 1130. The Kier molecular flexibility index (Phi) is 6.82. The number of phenolic OH excluding ortho intramolecular Hbond substituents is 1. The number of benzene rings is 2. The number of amides is 1. The molecule has 1 aromatic heterocycles. The predicted molar refractivity (Wildman–Crippen MR) is 111 cm³/mol. The van der Waals surface area contributed by atoms with Gasteiger partial charge < -0.3 is 10.4 Å². The van der Waals surface area contributed by atoms with Gasteiger partial charge in [0.1, 0.15) is 16.8 Å². The molecule has 158 valence electrons. The number of carbonyl (C=O) groups excluding carboxylic acids is 1. The lowest BCUT2D eigenvalue weighted by Crippen LogP contribution is -2.13. The van der Waals surface area contributed by atoms with Crippen molar-refractivity contribution in [1.82, 2.24) is 4.98 Å². The summed E-state index contributed by atoms with van der Waals surface area (Å²) in [5.74, 6) is -0.429. The molecule has 0 saturated heterocycles.